The summed E-state index contributed by atoms with van der Waals surface area (Å²) in [7, 11) is 0. The molecule has 0 fully saturated rings. The van der Waals surface area contributed by atoms with E-state index in [0.717, 1.165) is 24.8 Å². The van der Waals surface area contributed by atoms with E-state index < -0.39 is 23.9 Å². The summed E-state index contributed by atoms with van der Waals surface area (Å²) in [5, 5.41) is 17.1. The van der Waals surface area contributed by atoms with E-state index in [1.807, 2.05) is 31.2 Å². The molecule has 136 valence electrons. The smallest absolute Gasteiger partial charge is 0.320 e. The van der Waals surface area contributed by atoms with Crippen LogP contribution in [0.5, 0.6) is 0 Å². The van der Waals surface area contributed by atoms with Gasteiger partial charge in [-0.25, -0.2) is 0 Å². The van der Waals surface area contributed by atoms with Crippen molar-refractivity contribution in [1.82, 2.24) is 0 Å². The maximum atomic E-state index is 10.8. The Balaban J connectivity index is 0.000000506. The van der Waals surface area contributed by atoms with E-state index in [1.165, 1.54) is 5.56 Å². The van der Waals surface area contributed by atoms with Crippen molar-refractivity contribution in [3.05, 3.63) is 35.4 Å². The van der Waals surface area contributed by atoms with Crippen LogP contribution in [0.15, 0.2) is 24.3 Å². The van der Waals surface area contributed by atoms with Gasteiger partial charge in [0.15, 0.2) is 0 Å². The minimum absolute atomic E-state index is 0.418. The van der Waals surface area contributed by atoms with E-state index in [-0.39, 0.29) is 0 Å². The van der Waals surface area contributed by atoms with Crippen molar-refractivity contribution in [2.24, 2.45) is 11.7 Å². The molecule has 0 aliphatic rings. The molecule has 2 unspecified atom stereocenters. The van der Waals surface area contributed by atoms with E-state index >= 15 is 0 Å². The Bertz CT molecular complexity index is 497. The molecule has 1 aromatic carbocycles. The molecule has 0 aliphatic carbocycles. The quantitative estimate of drug-likeness (QED) is 0.672. The van der Waals surface area contributed by atoms with Crippen LogP contribution in [0.3, 0.4) is 0 Å². The van der Waals surface area contributed by atoms with Gasteiger partial charge in [0.1, 0.15) is 6.04 Å². The predicted molar refractivity (Wildman–Crippen MR) is 96.2 cm³/mol. The third-order valence-corrected chi connectivity index (χ3v) is 3.68. The van der Waals surface area contributed by atoms with Crippen LogP contribution in [-0.2, 0) is 16.0 Å². The average molecular weight is 337 g/mol. The van der Waals surface area contributed by atoms with Crippen molar-refractivity contribution in [2.75, 3.05) is 0 Å². The predicted octanol–water partition coefficient (Wildman–Crippen LogP) is 3.66. The lowest BCUT2D eigenvalue weighted by Gasteiger charge is -2.09. The fourth-order valence-electron chi connectivity index (χ4n) is 2.10. The minimum Gasteiger partial charge on any atom is -0.481 e. The van der Waals surface area contributed by atoms with Crippen LogP contribution in [0, 0.1) is 5.92 Å². The van der Waals surface area contributed by atoms with Gasteiger partial charge < -0.3 is 15.9 Å². The summed E-state index contributed by atoms with van der Waals surface area (Å²) in [6, 6.07) is 7.21. The summed E-state index contributed by atoms with van der Waals surface area (Å²) < 4.78 is 0. The number of hydrogen-bond donors (Lipinski definition) is 3. The van der Waals surface area contributed by atoms with Crippen molar-refractivity contribution >= 4 is 11.9 Å². The number of benzene rings is 1. The second kappa shape index (κ2) is 11.6. The lowest BCUT2D eigenvalue weighted by atomic mass is 9.97. The highest BCUT2D eigenvalue weighted by atomic mass is 16.4. The van der Waals surface area contributed by atoms with E-state index in [9.17, 15) is 9.59 Å². The van der Waals surface area contributed by atoms with Crippen LogP contribution in [0.4, 0.5) is 0 Å². The molecule has 1 rings (SSSR count). The average Bonchev–Trinajstić information content (AvgIpc) is 2.52. The largest absolute Gasteiger partial charge is 0.481 e. The SMILES string of the molecule is CC(C)Cc1ccc(C(C)C(=O)O)cc1.CCCCC(N)C(=O)O. The number of nitrogens with two attached hydrogens (primary N) is 1. The van der Waals surface area contributed by atoms with Crippen molar-refractivity contribution in [2.45, 2.75) is 65.3 Å². The normalized spacial score (nSPS) is 12.9. The Morgan fingerprint density at radius 2 is 1.58 bits per heavy atom. The number of hydrogen-bond acceptors (Lipinski definition) is 3. The van der Waals surface area contributed by atoms with Gasteiger partial charge in [-0.3, -0.25) is 9.59 Å². The molecule has 0 aliphatic heterocycles. The zero-order valence-electron chi connectivity index (χ0n) is 15.2. The van der Waals surface area contributed by atoms with E-state index in [2.05, 4.69) is 13.8 Å². The number of unbranched alkanes of at least 4 members (excludes halogenated alkanes) is 1. The summed E-state index contributed by atoms with van der Waals surface area (Å²) in [6.07, 6.45) is 3.53. The third kappa shape index (κ3) is 9.30. The first-order chi connectivity index (χ1) is 11.2. The Morgan fingerprint density at radius 3 is 1.96 bits per heavy atom. The van der Waals surface area contributed by atoms with Crippen molar-refractivity contribution in [3.8, 4) is 0 Å². The van der Waals surface area contributed by atoms with Crippen LogP contribution in [0.25, 0.3) is 0 Å². The minimum atomic E-state index is -0.900. The molecule has 2 atom stereocenters. The molecular formula is C19H31NO4. The molecule has 4 N–H and O–H groups in total. The highest BCUT2D eigenvalue weighted by Crippen LogP contribution is 2.17. The lowest BCUT2D eigenvalue weighted by Crippen LogP contribution is -2.29. The van der Waals surface area contributed by atoms with Crippen LogP contribution in [0.2, 0.25) is 0 Å². The first-order valence-corrected chi connectivity index (χ1v) is 8.49. The number of carboxylic acid groups (broad SMARTS) is 2. The molecule has 0 saturated heterocycles. The number of aliphatic carboxylic acids is 2. The van der Waals surface area contributed by atoms with Crippen molar-refractivity contribution in [1.29, 1.82) is 0 Å². The molecule has 0 amide bonds. The second-order valence-corrected chi connectivity index (χ2v) is 6.49. The van der Waals surface area contributed by atoms with Gasteiger partial charge in [0.05, 0.1) is 5.92 Å². The lowest BCUT2D eigenvalue weighted by molar-refractivity contribution is -0.139. The summed E-state index contributed by atoms with van der Waals surface area (Å²) >= 11 is 0. The fraction of sp³-hybridized carbons (Fsp3) is 0.579. The number of carbonyl (C=O) groups is 2. The van der Waals surface area contributed by atoms with E-state index in [0.29, 0.717) is 12.3 Å². The number of rotatable bonds is 8. The summed E-state index contributed by atoms with van der Waals surface area (Å²) in [6.45, 7) is 8.07. The molecule has 24 heavy (non-hydrogen) atoms. The molecule has 0 radical (unpaired) electrons. The maximum Gasteiger partial charge on any atom is 0.320 e. The van der Waals surface area contributed by atoms with Gasteiger partial charge in [0.2, 0.25) is 0 Å². The third-order valence-electron chi connectivity index (χ3n) is 3.68. The van der Waals surface area contributed by atoms with Crippen LogP contribution in [-0.4, -0.2) is 28.2 Å². The van der Waals surface area contributed by atoms with E-state index in [1.54, 1.807) is 6.92 Å². The maximum absolute atomic E-state index is 10.8. The molecule has 1 aromatic rings. The van der Waals surface area contributed by atoms with Gasteiger partial charge in [-0.05, 0) is 36.8 Å². The standard InChI is InChI=1S/C13H18O2.C6H13NO2/c1-9(2)8-11-4-6-12(7-5-11)10(3)13(14)15;1-2-3-4-5(7)6(8)9/h4-7,9-10H,8H2,1-3H3,(H,14,15);5H,2-4,7H2,1H3,(H,8,9). The molecule has 0 bridgehead atoms. The van der Waals surface area contributed by atoms with E-state index in [4.69, 9.17) is 15.9 Å². The molecule has 0 heterocycles. The Kier molecular flexibility index (Phi) is 10.7. The highest BCUT2D eigenvalue weighted by Gasteiger charge is 2.13. The van der Waals surface area contributed by atoms with Crippen LogP contribution < -0.4 is 5.73 Å². The van der Waals surface area contributed by atoms with Gasteiger partial charge in [0.25, 0.3) is 0 Å². The Labute approximate surface area is 144 Å². The first kappa shape index (κ1) is 22.1. The molecule has 0 aromatic heterocycles. The van der Waals surface area contributed by atoms with Crippen LogP contribution in [0.1, 0.15) is 64.0 Å². The first-order valence-electron chi connectivity index (χ1n) is 8.49. The monoisotopic (exact) mass is 337 g/mol. The van der Waals surface area contributed by atoms with Crippen molar-refractivity contribution < 1.29 is 19.8 Å². The Morgan fingerprint density at radius 1 is 1.04 bits per heavy atom. The summed E-state index contributed by atoms with van der Waals surface area (Å²) in [5.74, 6) is -1.46. The molecule has 0 spiro atoms. The van der Waals surface area contributed by atoms with Gasteiger partial charge in [-0.2, -0.15) is 0 Å². The topological polar surface area (TPSA) is 101 Å². The van der Waals surface area contributed by atoms with Gasteiger partial charge in [0, 0.05) is 0 Å². The number of carboxylic acids is 2. The second-order valence-electron chi connectivity index (χ2n) is 6.49. The molecule has 0 saturated carbocycles. The van der Waals surface area contributed by atoms with Gasteiger partial charge in [-0.1, -0.05) is 57.9 Å². The van der Waals surface area contributed by atoms with Crippen LogP contribution >= 0.6 is 0 Å². The Hall–Kier alpha value is -1.88. The van der Waals surface area contributed by atoms with Crippen molar-refractivity contribution in [3.63, 3.8) is 0 Å². The molecule has 5 nitrogen and oxygen atoms in total. The zero-order valence-corrected chi connectivity index (χ0v) is 15.2. The summed E-state index contributed by atoms with van der Waals surface area (Å²) in [4.78, 5) is 20.8. The van der Waals surface area contributed by atoms with Gasteiger partial charge in [-0.15, -0.1) is 0 Å². The molecule has 5 heteroatoms. The zero-order chi connectivity index (χ0) is 18.7. The summed E-state index contributed by atoms with van der Waals surface area (Å²) in [5.41, 5.74) is 7.34. The highest BCUT2D eigenvalue weighted by molar-refractivity contribution is 5.75. The molecular weight excluding hydrogens is 306 g/mol. The fourth-order valence-corrected chi connectivity index (χ4v) is 2.10. The van der Waals surface area contributed by atoms with Gasteiger partial charge >= 0.3 is 11.9 Å².